The SMILES string of the molecule is CC(C)c1cccnc1C1(C(=O)Nc2ncc(Cl)cc2OC(F)F)CN(S(N)(=O)=O)C1. The number of carbonyl (C=O) groups excluding carboxylic acids is 1. The highest BCUT2D eigenvalue weighted by molar-refractivity contribution is 7.86. The van der Waals surface area contributed by atoms with E-state index in [1.54, 1.807) is 12.1 Å². The van der Waals surface area contributed by atoms with Gasteiger partial charge in [-0.25, -0.2) is 10.1 Å². The molecule has 0 spiro atoms. The van der Waals surface area contributed by atoms with E-state index in [0.717, 1.165) is 22.1 Å². The number of hydrogen-bond donors (Lipinski definition) is 2. The van der Waals surface area contributed by atoms with Crippen LogP contribution in [0.3, 0.4) is 0 Å². The van der Waals surface area contributed by atoms with Crippen LogP contribution in [0.1, 0.15) is 31.0 Å². The number of ether oxygens (including phenoxy) is 1. The van der Waals surface area contributed by atoms with Gasteiger partial charge in [0, 0.05) is 31.5 Å². The first-order valence-corrected chi connectivity index (χ1v) is 11.0. The molecule has 1 saturated heterocycles. The van der Waals surface area contributed by atoms with E-state index >= 15 is 0 Å². The zero-order chi connectivity index (χ0) is 23.0. The summed E-state index contributed by atoms with van der Waals surface area (Å²) in [5, 5.41) is 7.68. The summed E-state index contributed by atoms with van der Waals surface area (Å²) in [7, 11) is -4.05. The van der Waals surface area contributed by atoms with E-state index in [0.29, 0.717) is 5.69 Å². The highest BCUT2D eigenvalue weighted by Crippen LogP contribution is 2.40. The minimum Gasteiger partial charge on any atom is -0.431 e. The molecule has 0 aliphatic carbocycles. The number of carbonyl (C=O) groups is 1. The van der Waals surface area contributed by atoms with Gasteiger partial charge in [-0.15, -0.1) is 0 Å². The maximum Gasteiger partial charge on any atom is 0.387 e. The number of anilines is 1. The third kappa shape index (κ3) is 4.76. The third-order valence-corrected chi connectivity index (χ3v) is 6.05. The van der Waals surface area contributed by atoms with Crippen LogP contribution in [0.15, 0.2) is 30.6 Å². The number of nitrogens with one attached hydrogen (secondary N) is 1. The molecule has 13 heteroatoms. The van der Waals surface area contributed by atoms with Gasteiger partial charge in [0.1, 0.15) is 5.41 Å². The Bertz CT molecular complexity index is 1090. The summed E-state index contributed by atoms with van der Waals surface area (Å²) < 4.78 is 54.4. The second-order valence-electron chi connectivity index (χ2n) is 7.32. The second-order valence-corrected chi connectivity index (χ2v) is 9.31. The average Bonchev–Trinajstić information content (AvgIpc) is 2.62. The van der Waals surface area contributed by atoms with Crippen LogP contribution in [0.4, 0.5) is 14.6 Å². The third-order valence-electron chi connectivity index (χ3n) is 4.87. The van der Waals surface area contributed by atoms with Crippen LogP contribution >= 0.6 is 11.6 Å². The Labute approximate surface area is 182 Å². The minimum atomic E-state index is -4.05. The summed E-state index contributed by atoms with van der Waals surface area (Å²) in [5.41, 5.74) is -0.302. The van der Waals surface area contributed by atoms with Crippen LogP contribution in [0.25, 0.3) is 0 Å². The highest BCUT2D eigenvalue weighted by Gasteiger charge is 2.56. The fourth-order valence-electron chi connectivity index (χ4n) is 3.35. The molecule has 3 N–H and O–H groups in total. The maximum absolute atomic E-state index is 13.4. The summed E-state index contributed by atoms with van der Waals surface area (Å²) in [4.78, 5) is 21.6. The molecule has 0 unspecified atom stereocenters. The number of pyridine rings is 2. The molecule has 1 aliphatic rings. The van der Waals surface area contributed by atoms with E-state index in [4.69, 9.17) is 16.7 Å². The van der Waals surface area contributed by atoms with Gasteiger partial charge >= 0.3 is 6.61 Å². The highest BCUT2D eigenvalue weighted by atomic mass is 35.5. The predicted octanol–water partition coefficient (Wildman–Crippen LogP) is 2.25. The maximum atomic E-state index is 13.4. The molecule has 0 bridgehead atoms. The summed E-state index contributed by atoms with van der Waals surface area (Å²) in [5.74, 6) is -1.44. The van der Waals surface area contributed by atoms with Crippen molar-refractivity contribution in [1.29, 1.82) is 0 Å². The van der Waals surface area contributed by atoms with Crippen molar-refractivity contribution in [2.75, 3.05) is 18.4 Å². The van der Waals surface area contributed by atoms with Crippen molar-refractivity contribution in [1.82, 2.24) is 14.3 Å². The summed E-state index contributed by atoms with van der Waals surface area (Å²) >= 11 is 5.79. The van der Waals surface area contributed by atoms with E-state index in [1.165, 1.54) is 6.20 Å². The molecule has 9 nitrogen and oxygen atoms in total. The van der Waals surface area contributed by atoms with Crippen LogP contribution in [0.2, 0.25) is 5.02 Å². The molecule has 0 aromatic carbocycles. The van der Waals surface area contributed by atoms with E-state index in [-0.39, 0.29) is 29.8 Å². The molecule has 1 fully saturated rings. The molecule has 0 saturated carbocycles. The number of nitrogens with two attached hydrogens (primary N) is 1. The molecule has 31 heavy (non-hydrogen) atoms. The zero-order valence-corrected chi connectivity index (χ0v) is 18.1. The smallest absolute Gasteiger partial charge is 0.387 e. The Hall–Kier alpha value is -2.41. The predicted molar refractivity (Wildman–Crippen MR) is 109 cm³/mol. The molecule has 0 atom stereocenters. The van der Waals surface area contributed by atoms with Crippen LogP contribution in [-0.4, -0.2) is 48.3 Å². The first-order chi connectivity index (χ1) is 14.4. The van der Waals surface area contributed by atoms with Crippen LogP contribution < -0.4 is 15.2 Å². The van der Waals surface area contributed by atoms with Crippen molar-refractivity contribution in [2.45, 2.75) is 31.8 Å². The van der Waals surface area contributed by atoms with Crippen LogP contribution in [0, 0.1) is 0 Å². The molecule has 1 amide bonds. The number of aromatic nitrogens is 2. The Kier molecular flexibility index (Phi) is 6.46. The van der Waals surface area contributed by atoms with Crippen molar-refractivity contribution in [3.63, 3.8) is 0 Å². The monoisotopic (exact) mass is 475 g/mol. The molecule has 3 rings (SSSR count). The second kappa shape index (κ2) is 8.61. The van der Waals surface area contributed by atoms with Gasteiger partial charge in [0.2, 0.25) is 5.91 Å². The van der Waals surface area contributed by atoms with E-state index in [1.807, 2.05) is 13.8 Å². The van der Waals surface area contributed by atoms with Crippen molar-refractivity contribution in [3.8, 4) is 5.75 Å². The minimum absolute atomic E-state index is 0.0247. The Morgan fingerprint density at radius 3 is 2.61 bits per heavy atom. The summed E-state index contributed by atoms with van der Waals surface area (Å²) in [6.07, 6.45) is 2.64. The normalized spacial score (nSPS) is 16.3. The number of nitrogens with zero attached hydrogens (tertiary/aromatic N) is 3. The van der Waals surface area contributed by atoms with Gasteiger partial charge in [0.25, 0.3) is 10.2 Å². The number of hydrogen-bond acceptors (Lipinski definition) is 6. The Morgan fingerprint density at radius 1 is 1.35 bits per heavy atom. The van der Waals surface area contributed by atoms with Gasteiger partial charge in [-0.1, -0.05) is 31.5 Å². The quantitative estimate of drug-likeness (QED) is 0.632. The lowest BCUT2D eigenvalue weighted by molar-refractivity contribution is -0.125. The lowest BCUT2D eigenvalue weighted by Crippen LogP contribution is -2.67. The summed E-state index contributed by atoms with van der Waals surface area (Å²) in [6, 6.07) is 4.57. The van der Waals surface area contributed by atoms with Gasteiger partial charge in [-0.05, 0) is 17.5 Å². The molecular weight excluding hydrogens is 456 g/mol. The van der Waals surface area contributed by atoms with Gasteiger partial charge < -0.3 is 10.1 Å². The molecule has 1 aliphatic heterocycles. The molecule has 168 valence electrons. The fourth-order valence-corrected chi connectivity index (χ4v) is 4.30. The molecule has 0 radical (unpaired) electrons. The van der Waals surface area contributed by atoms with Crippen LogP contribution in [-0.2, 0) is 20.4 Å². The molecule has 2 aromatic heterocycles. The topological polar surface area (TPSA) is 128 Å². The molecule has 3 heterocycles. The van der Waals surface area contributed by atoms with Crippen molar-refractivity contribution < 1.29 is 26.7 Å². The lowest BCUT2D eigenvalue weighted by atomic mass is 9.74. The first-order valence-electron chi connectivity index (χ1n) is 9.09. The number of halogens is 3. The van der Waals surface area contributed by atoms with E-state index in [9.17, 15) is 22.0 Å². The van der Waals surface area contributed by atoms with Crippen molar-refractivity contribution in [3.05, 3.63) is 46.9 Å². The van der Waals surface area contributed by atoms with Crippen LogP contribution in [0.5, 0.6) is 5.75 Å². The van der Waals surface area contributed by atoms with Crippen molar-refractivity contribution in [2.24, 2.45) is 5.14 Å². The summed E-state index contributed by atoms with van der Waals surface area (Å²) in [6.45, 7) is 0.0876. The zero-order valence-electron chi connectivity index (χ0n) is 16.5. The van der Waals surface area contributed by atoms with Gasteiger partial charge in [-0.3, -0.25) is 9.78 Å². The number of amides is 1. The van der Waals surface area contributed by atoms with Gasteiger partial charge in [0.15, 0.2) is 11.6 Å². The fraction of sp³-hybridized carbons (Fsp3) is 0.389. The van der Waals surface area contributed by atoms with Crippen molar-refractivity contribution >= 4 is 33.5 Å². The molecule has 2 aromatic rings. The van der Waals surface area contributed by atoms with Gasteiger partial charge in [-0.2, -0.15) is 21.5 Å². The molecular formula is C18H20ClF2N5O4S. The largest absolute Gasteiger partial charge is 0.431 e. The first kappa shape index (κ1) is 23.3. The van der Waals surface area contributed by atoms with Gasteiger partial charge in [0.05, 0.1) is 10.7 Å². The number of alkyl halides is 2. The van der Waals surface area contributed by atoms with E-state index in [2.05, 4.69) is 20.0 Å². The number of rotatable bonds is 7. The average molecular weight is 476 g/mol. The standard InChI is InChI=1S/C18H20ClF2N5O4S/c1-10(2)12-4-3-5-23-14(12)18(8-26(9-18)31(22,28)29)16(27)25-15-13(30-17(20)21)6-11(19)7-24-15/h3-7,10,17H,8-9H2,1-2H3,(H2,22,28,29)(H,24,25,27). The lowest BCUT2D eigenvalue weighted by Gasteiger charge is -2.47. The van der Waals surface area contributed by atoms with E-state index < -0.39 is 33.9 Å². The Balaban J connectivity index is 2.02. The Morgan fingerprint density at radius 2 is 2.03 bits per heavy atom.